The Balaban J connectivity index is 0.000000980. The van der Waals surface area contributed by atoms with Crippen molar-refractivity contribution in [2.75, 3.05) is 0 Å². The van der Waals surface area contributed by atoms with E-state index in [1.807, 2.05) is 12.2 Å². The van der Waals surface area contributed by atoms with Crippen LogP contribution in [-0.4, -0.2) is 11.9 Å². The molecule has 2 aliphatic carbocycles. The second kappa shape index (κ2) is 3.42. The number of carbonyl (C=O) groups excluding carboxylic acids is 2. The summed E-state index contributed by atoms with van der Waals surface area (Å²) in [6.07, 6.45) is 4.47. The minimum atomic E-state index is -1.15. The van der Waals surface area contributed by atoms with Gasteiger partial charge in [-0.3, -0.25) is 4.79 Å². The standard InChI is InChI=1S/C9H11NO3.H3N/c10-8(11)6-4-1-2-5(3-4)7(6)9(12)13;/h1-2,4-7H,3H2,(H2,10,11)(H,12,13);1H3. The lowest BCUT2D eigenvalue weighted by Gasteiger charge is -2.25. The predicted molar refractivity (Wildman–Crippen MR) is 47.9 cm³/mol. The molecule has 0 saturated heterocycles. The summed E-state index contributed by atoms with van der Waals surface area (Å²) >= 11 is 0. The molecule has 78 valence electrons. The normalized spacial score (nSPS) is 38.0. The van der Waals surface area contributed by atoms with Gasteiger partial charge in [-0.2, -0.15) is 0 Å². The van der Waals surface area contributed by atoms with Crippen LogP contribution in [-0.2, 0) is 9.59 Å². The maximum atomic E-state index is 11.0. The van der Waals surface area contributed by atoms with E-state index in [1.54, 1.807) is 0 Å². The molecule has 0 aromatic rings. The monoisotopic (exact) mass is 198 g/mol. The molecular weight excluding hydrogens is 184 g/mol. The fourth-order valence-corrected chi connectivity index (χ4v) is 2.53. The quantitative estimate of drug-likeness (QED) is 0.555. The molecule has 2 rings (SSSR count). The van der Waals surface area contributed by atoms with Gasteiger partial charge in [-0.1, -0.05) is 12.2 Å². The molecule has 0 heterocycles. The molecule has 0 spiro atoms. The van der Waals surface area contributed by atoms with Crippen LogP contribution < -0.4 is 17.0 Å². The van der Waals surface area contributed by atoms with Gasteiger partial charge in [-0.25, -0.2) is 0 Å². The van der Waals surface area contributed by atoms with Gasteiger partial charge >= 0.3 is 0 Å². The van der Waals surface area contributed by atoms with Gasteiger partial charge in [0.25, 0.3) is 0 Å². The molecule has 0 aromatic carbocycles. The van der Waals surface area contributed by atoms with Crippen LogP contribution in [0.4, 0.5) is 0 Å². The van der Waals surface area contributed by atoms with Crippen molar-refractivity contribution in [3.8, 4) is 0 Å². The first-order valence-corrected chi connectivity index (χ1v) is 4.29. The topological polar surface area (TPSA) is 120 Å². The van der Waals surface area contributed by atoms with Gasteiger partial charge in [0.1, 0.15) is 0 Å². The van der Waals surface area contributed by atoms with Gasteiger partial charge in [-0.15, -0.1) is 0 Å². The number of carboxylic acids is 1. The summed E-state index contributed by atoms with van der Waals surface area (Å²) in [6.45, 7) is 0. The number of nitrogens with two attached hydrogens (primary N) is 1. The van der Waals surface area contributed by atoms with Gasteiger partial charge in [0.15, 0.2) is 0 Å². The lowest BCUT2D eigenvalue weighted by Crippen LogP contribution is -2.43. The Hall–Kier alpha value is -1.36. The fourth-order valence-electron chi connectivity index (χ4n) is 2.53. The average Bonchev–Trinajstić information content (AvgIpc) is 2.60. The van der Waals surface area contributed by atoms with E-state index >= 15 is 0 Å². The van der Waals surface area contributed by atoms with E-state index in [0.29, 0.717) is 0 Å². The highest BCUT2D eigenvalue weighted by Gasteiger charge is 2.47. The Morgan fingerprint density at radius 1 is 1.21 bits per heavy atom. The van der Waals surface area contributed by atoms with Crippen molar-refractivity contribution in [3.05, 3.63) is 12.2 Å². The molecule has 5 heteroatoms. The Labute approximate surface area is 81.6 Å². The third-order valence-corrected chi connectivity index (χ3v) is 3.06. The van der Waals surface area contributed by atoms with E-state index in [-0.39, 0.29) is 18.0 Å². The van der Waals surface area contributed by atoms with E-state index in [2.05, 4.69) is 0 Å². The second-order valence-electron chi connectivity index (χ2n) is 3.72. The zero-order valence-electron chi connectivity index (χ0n) is 7.97. The molecule has 14 heavy (non-hydrogen) atoms. The first-order valence-electron chi connectivity index (χ1n) is 4.29. The summed E-state index contributed by atoms with van der Waals surface area (Å²) in [6, 6.07) is 0. The minimum Gasteiger partial charge on any atom is -0.550 e. The maximum Gasteiger partial charge on any atom is 0.221 e. The molecule has 1 fully saturated rings. The van der Waals surface area contributed by atoms with Crippen LogP contribution in [0.15, 0.2) is 12.2 Å². The summed E-state index contributed by atoms with van der Waals surface area (Å²) in [5.74, 6) is -2.96. The number of hydrogen-bond acceptors (Lipinski definition) is 3. The number of rotatable bonds is 2. The van der Waals surface area contributed by atoms with Gasteiger partial charge in [0.2, 0.25) is 5.91 Å². The third-order valence-electron chi connectivity index (χ3n) is 3.06. The average molecular weight is 198 g/mol. The number of amides is 1. The van der Waals surface area contributed by atoms with Crippen LogP contribution in [0.3, 0.4) is 0 Å². The first-order chi connectivity index (χ1) is 6.11. The number of allylic oxidation sites excluding steroid dienone is 2. The van der Waals surface area contributed by atoms with E-state index < -0.39 is 23.7 Å². The van der Waals surface area contributed by atoms with E-state index in [4.69, 9.17) is 5.73 Å². The second-order valence-corrected chi connectivity index (χ2v) is 3.72. The molecule has 4 unspecified atom stereocenters. The number of quaternary nitrogens is 1. The fraction of sp³-hybridized carbons (Fsp3) is 0.556. The number of primary amides is 1. The minimum absolute atomic E-state index is 0. The summed E-state index contributed by atoms with van der Waals surface area (Å²) in [7, 11) is 0. The van der Waals surface area contributed by atoms with Gasteiger partial charge in [0.05, 0.1) is 5.92 Å². The predicted octanol–water partition coefficient (Wildman–Crippen LogP) is -0.964. The highest BCUT2D eigenvalue weighted by molar-refractivity contribution is 5.85. The highest BCUT2D eigenvalue weighted by Crippen LogP contribution is 2.47. The van der Waals surface area contributed by atoms with Crippen LogP contribution in [0, 0.1) is 23.7 Å². The van der Waals surface area contributed by atoms with Crippen LogP contribution in [0.25, 0.3) is 0 Å². The van der Waals surface area contributed by atoms with Crippen LogP contribution in [0.5, 0.6) is 0 Å². The number of hydrogen-bond donors (Lipinski definition) is 2. The molecule has 0 radical (unpaired) electrons. The molecule has 1 saturated carbocycles. The van der Waals surface area contributed by atoms with Crippen molar-refractivity contribution in [1.29, 1.82) is 0 Å². The zero-order chi connectivity index (χ0) is 9.59. The number of carbonyl (C=O) groups is 2. The van der Waals surface area contributed by atoms with Gasteiger partial charge in [0, 0.05) is 11.9 Å². The smallest absolute Gasteiger partial charge is 0.221 e. The first kappa shape index (κ1) is 10.7. The van der Waals surface area contributed by atoms with Crippen molar-refractivity contribution >= 4 is 11.9 Å². The van der Waals surface area contributed by atoms with E-state index in [9.17, 15) is 14.7 Å². The summed E-state index contributed by atoms with van der Waals surface area (Å²) in [5, 5.41) is 10.8. The molecule has 0 aromatic heterocycles. The lowest BCUT2D eigenvalue weighted by molar-refractivity contribution is -0.313. The van der Waals surface area contributed by atoms with E-state index in [1.165, 1.54) is 0 Å². The van der Waals surface area contributed by atoms with Crippen LogP contribution >= 0.6 is 0 Å². The molecule has 0 aliphatic heterocycles. The Morgan fingerprint density at radius 3 is 2.07 bits per heavy atom. The van der Waals surface area contributed by atoms with Crippen molar-refractivity contribution in [3.63, 3.8) is 0 Å². The van der Waals surface area contributed by atoms with E-state index in [0.717, 1.165) is 6.42 Å². The van der Waals surface area contributed by atoms with Crippen LogP contribution in [0.2, 0.25) is 0 Å². The molecule has 5 nitrogen and oxygen atoms in total. The third kappa shape index (κ3) is 1.29. The summed E-state index contributed by atoms with van der Waals surface area (Å²) in [4.78, 5) is 21.8. The summed E-state index contributed by atoms with van der Waals surface area (Å²) < 4.78 is 0. The molecule has 2 bridgehead atoms. The van der Waals surface area contributed by atoms with Gasteiger partial charge < -0.3 is 21.8 Å². The molecular formula is C9H14N2O3. The number of aliphatic carboxylic acids is 1. The van der Waals surface area contributed by atoms with Crippen molar-refractivity contribution in [1.82, 2.24) is 6.15 Å². The van der Waals surface area contributed by atoms with Crippen molar-refractivity contribution in [2.45, 2.75) is 6.42 Å². The summed E-state index contributed by atoms with van der Waals surface area (Å²) in [5.41, 5.74) is 5.15. The van der Waals surface area contributed by atoms with Gasteiger partial charge in [-0.05, 0) is 18.3 Å². The maximum absolute atomic E-state index is 11.0. The number of fused-ring (bicyclic) bond motifs is 2. The molecule has 6 N–H and O–H groups in total. The highest BCUT2D eigenvalue weighted by atomic mass is 16.4. The van der Waals surface area contributed by atoms with Crippen molar-refractivity contribution in [2.24, 2.45) is 29.4 Å². The largest absolute Gasteiger partial charge is 0.550 e. The Morgan fingerprint density at radius 2 is 1.71 bits per heavy atom. The SMILES string of the molecule is NC(=O)C1C2C=CC(C2)C1C(=O)[O-].[NH4+]. The number of carboxylic acid groups (broad SMARTS) is 1. The molecule has 4 atom stereocenters. The van der Waals surface area contributed by atoms with Crippen molar-refractivity contribution < 1.29 is 14.7 Å². The molecule has 2 aliphatic rings. The van der Waals surface area contributed by atoms with Crippen LogP contribution in [0.1, 0.15) is 6.42 Å². The lowest BCUT2D eigenvalue weighted by atomic mass is 9.83. The Bertz CT molecular complexity index is 272. The zero-order valence-corrected chi connectivity index (χ0v) is 7.97. The molecule has 1 amide bonds. The Kier molecular flexibility index (Phi) is 2.62.